The first-order valence-corrected chi connectivity index (χ1v) is 6.67. The van der Waals surface area contributed by atoms with Gasteiger partial charge < -0.3 is 4.74 Å². The molecule has 0 aliphatic carbocycles. The lowest BCUT2D eigenvalue weighted by molar-refractivity contribution is 0.0459. The van der Waals surface area contributed by atoms with Crippen molar-refractivity contribution in [1.82, 2.24) is 20.4 Å². The Morgan fingerprint density at radius 2 is 1.41 bits per heavy atom. The summed E-state index contributed by atoms with van der Waals surface area (Å²) in [5, 5.41) is 15.8. The van der Waals surface area contributed by atoms with Gasteiger partial charge in [0.15, 0.2) is 6.61 Å². The average molecular weight is 292 g/mol. The molecule has 0 saturated carbocycles. The third-order valence-corrected chi connectivity index (χ3v) is 2.89. The molecule has 6 heteroatoms. The summed E-state index contributed by atoms with van der Waals surface area (Å²) in [5.74, 6) is 0.249. The van der Waals surface area contributed by atoms with Gasteiger partial charge in [-0.05, 0) is 12.1 Å². The third kappa shape index (κ3) is 3.29. The van der Waals surface area contributed by atoms with Crippen LogP contribution in [0.3, 0.4) is 0 Å². The predicted octanol–water partition coefficient (Wildman–Crippen LogP) is 2.29. The van der Waals surface area contributed by atoms with E-state index < -0.39 is 5.97 Å². The van der Waals surface area contributed by atoms with Gasteiger partial charge in [0.05, 0.1) is 5.56 Å². The number of aromatic nitrogens is 4. The Morgan fingerprint density at radius 1 is 0.818 bits per heavy atom. The first-order chi connectivity index (χ1) is 10.8. The number of carbonyl (C=O) groups excluding carboxylic acids is 1. The molecule has 6 nitrogen and oxygen atoms in total. The normalized spacial score (nSPS) is 10.2. The van der Waals surface area contributed by atoms with E-state index in [2.05, 4.69) is 20.4 Å². The molecule has 0 unspecified atom stereocenters. The summed E-state index contributed by atoms with van der Waals surface area (Å²) in [5.41, 5.74) is 1.31. The van der Waals surface area contributed by atoms with E-state index in [4.69, 9.17) is 4.74 Å². The molecule has 0 aliphatic rings. The van der Waals surface area contributed by atoms with E-state index in [-0.39, 0.29) is 12.4 Å². The molecule has 0 radical (unpaired) electrons. The number of hydrogen-bond acceptors (Lipinski definition) is 6. The Labute approximate surface area is 126 Å². The molecule has 0 spiro atoms. The SMILES string of the molecule is O=C(OCc1nnc(-c2ccccc2)nn1)c1ccccc1. The highest BCUT2D eigenvalue weighted by atomic mass is 16.5. The largest absolute Gasteiger partial charge is 0.454 e. The second-order valence-corrected chi connectivity index (χ2v) is 4.45. The molecule has 0 bridgehead atoms. The lowest BCUT2D eigenvalue weighted by Crippen LogP contribution is -2.09. The third-order valence-electron chi connectivity index (χ3n) is 2.89. The van der Waals surface area contributed by atoms with Crippen molar-refractivity contribution in [1.29, 1.82) is 0 Å². The van der Waals surface area contributed by atoms with E-state index in [0.29, 0.717) is 11.4 Å². The van der Waals surface area contributed by atoms with Crippen LogP contribution in [-0.4, -0.2) is 26.4 Å². The van der Waals surface area contributed by atoms with Crippen molar-refractivity contribution < 1.29 is 9.53 Å². The van der Waals surface area contributed by atoms with Gasteiger partial charge in [-0.3, -0.25) is 0 Å². The summed E-state index contributed by atoms with van der Waals surface area (Å²) in [4.78, 5) is 11.8. The Hall–Kier alpha value is -3.15. The van der Waals surface area contributed by atoms with E-state index >= 15 is 0 Å². The van der Waals surface area contributed by atoms with Crippen molar-refractivity contribution in [2.24, 2.45) is 0 Å². The van der Waals surface area contributed by atoms with E-state index in [1.165, 1.54) is 0 Å². The van der Waals surface area contributed by atoms with Crippen molar-refractivity contribution in [3.63, 3.8) is 0 Å². The van der Waals surface area contributed by atoms with Gasteiger partial charge in [-0.2, -0.15) is 0 Å². The maximum absolute atomic E-state index is 11.8. The van der Waals surface area contributed by atoms with Gasteiger partial charge in [-0.1, -0.05) is 48.5 Å². The Balaban J connectivity index is 1.63. The maximum Gasteiger partial charge on any atom is 0.338 e. The summed E-state index contributed by atoms with van der Waals surface area (Å²) in [7, 11) is 0. The van der Waals surface area contributed by atoms with Crippen LogP contribution in [0.25, 0.3) is 11.4 Å². The molecule has 3 rings (SSSR count). The summed E-state index contributed by atoms with van der Waals surface area (Å²) in [6.07, 6.45) is 0. The second-order valence-electron chi connectivity index (χ2n) is 4.45. The van der Waals surface area contributed by atoms with Gasteiger partial charge in [0.25, 0.3) is 0 Å². The van der Waals surface area contributed by atoms with Crippen molar-refractivity contribution in [3.05, 3.63) is 72.1 Å². The molecular weight excluding hydrogens is 280 g/mol. The van der Waals surface area contributed by atoms with Crippen molar-refractivity contribution in [3.8, 4) is 11.4 Å². The quantitative estimate of drug-likeness (QED) is 0.686. The van der Waals surface area contributed by atoms with Gasteiger partial charge in [-0.15, -0.1) is 20.4 Å². The van der Waals surface area contributed by atoms with Gasteiger partial charge in [0.1, 0.15) is 0 Å². The minimum Gasteiger partial charge on any atom is -0.454 e. The van der Waals surface area contributed by atoms with Gasteiger partial charge in [0, 0.05) is 5.56 Å². The first-order valence-electron chi connectivity index (χ1n) is 6.67. The van der Waals surface area contributed by atoms with E-state index in [9.17, 15) is 4.79 Å². The summed E-state index contributed by atoms with van der Waals surface area (Å²) in [6, 6.07) is 18.1. The molecule has 2 aromatic carbocycles. The van der Waals surface area contributed by atoms with E-state index in [1.54, 1.807) is 24.3 Å². The molecule has 108 valence electrons. The predicted molar refractivity (Wildman–Crippen MR) is 78.6 cm³/mol. The van der Waals surface area contributed by atoms with Crippen LogP contribution in [0.4, 0.5) is 0 Å². The zero-order valence-electron chi connectivity index (χ0n) is 11.6. The molecule has 1 heterocycles. The highest BCUT2D eigenvalue weighted by Crippen LogP contribution is 2.11. The van der Waals surface area contributed by atoms with E-state index in [1.807, 2.05) is 36.4 Å². The standard InChI is InChI=1S/C16H12N4O2/c21-16(13-9-5-2-6-10-13)22-11-14-17-19-15(20-18-14)12-7-3-1-4-8-12/h1-10H,11H2. The van der Waals surface area contributed by atoms with Gasteiger partial charge in [0.2, 0.25) is 11.6 Å². The van der Waals surface area contributed by atoms with Crippen LogP contribution in [0.1, 0.15) is 16.2 Å². The topological polar surface area (TPSA) is 77.9 Å². The molecule has 0 N–H and O–H groups in total. The first kappa shape index (κ1) is 13.8. The van der Waals surface area contributed by atoms with Crippen LogP contribution in [0.2, 0.25) is 0 Å². The Bertz CT molecular complexity index is 746. The van der Waals surface area contributed by atoms with E-state index in [0.717, 1.165) is 5.56 Å². The summed E-state index contributed by atoms with van der Waals surface area (Å²) < 4.78 is 5.12. The highest BCUT2D eigenvalue weighted by molar-refractivity contribution is 5.89. The van der Waals surface area contributed by atoms with Crippen molar-refractivity contribution in [2.75, 3.05) is 0 Å². The summed E-state index contributed by atoms with van der Waals surface area (Å²) >= 11 is 0. The molecule has 0 amide bonds. The fourth-order valence-electron chi connectivity index (χ4n) is 1.80. The minimum absolute atomic E-state index is 0.0667. The van der Waals surface area contributed by atoms with Crippen LogP contribution in [0.5, 0.6) is 0 Å². The molecule has 1 aromatic heterocycles. The zero-order valence-corrected chi connectivity index (χ0v) is 11.6. The monoisotopic (exact) mass is 292 g/mol. The lowest BCUT2D eigenvalue weighted by atomic mass is 10.2. The Morgan fingerprint density at radius 3 is 2.05 bits per heavy atom. The fourth-order valence-corrected chi connectivity index (χ4v) is 1.80. The number of rotatable bonds is 4. The number of hydrogen-bond donors (Lipinski definition) is 0. The van der Waals surface area contributed by atoms with Crippen LogP contribution < -0.4 is 0 Å². The lowest BCUT2D eigenvalue weighted by Gasteiger charge is -2.03. The number of carbonyl (C=O) groups is 1. The number of nitrogens with zero attached hydrogens (tertiary/aromatic N) is 4. The molecule has 22 heavy (non-hydrogen) atoms. The number of esters is 1. The molecule has 0 saturated heterocycles. The van der Waals surface area contributed by atoms with Gasteiger partial charge >= 0.3 is 5.97 Å². The van der Waals surface area contributed by atoms with Crippen molar-refractivity contribution >= 4 is 5.97 Å². The smallest absolute Gasteiger partial charge is 0.338 e. The highest BCUT2D eigenvalue weighted by Gasteiger charge is 2.09. The number of benzene rings is 2. The second kappa shape index (κ2) is 6.53. The fraction of sp³-hybridized carbons (Fsp3) is 0.0625. The molecule has 0 fully saturated rings. The molecule has 0 atom stereocenters. The van der Waals surface area contributed by atoms with Crippen LogP contribution in [0, 0.1) is 0 Å². The average Bonchev–Trinajstić information content (AvgIpc) is 2.61. The van der Waals surface area contributed by atoms with Gasteiger partial charge in [-0.25, -0.2) is 4.79 Å². The van der Waals surface area contributed by atoms with Crippen LogP contribution in [-0.2, 0) is 11.3 Å². The van der Waals surface area contributed by atoms with Crippen LogP contribution in [0.15, 0.2) is 60.7 Å². The Kier molecular flexibility index (Phi) is 4.10. The molecular formula is C16H12N4O2. The molecule has 0 aliphatic heterocycles. The van der Waals surface area contributed by atoms with Crippen molar-refractivity contribution in [2.45, 2.75) is 6.61 Å². The minimum atomic E-state index is -0.434. The number of ether oxygens (including phenoxy) is 1. The summed E-state index contributed by atoms with van der Waals surface area (Å²) in [6.45, 7) is -0.0667. The maximum atomic E-state index is 11.8. The van der Waals surface area contributed by atoms with Crippen LogP contribution >= 0.6 is 0 Å². The zero-order chi connectivity index (χ0) is 15.2. The molecule has 3 aromatic rings.